The highest BCUT2D eigenvalue weighted by Crippen LogP contribution is 2.30. The summed E-state index contributed by atoms with van der Waals surface area (Å²) in [7, 11) is 2.05. The quantitative estimate of drug-likeness (QED) is 0.750. The first-order valence-corrected chi connectivity index (χ1v) is 7.72. The minimum Gasteiger partial charge on any atom is -0.310 e. The number of hydrogen-bond acceptors (Lipinski definition) is 1. The predicted molar refractivity (Wildman–Crippen MR) is 83.8 cm³/mol. The smallest absolute Gasteiger partial charge is 0.0533 e. The average molecular weight is 278 g/mol. The van der Waals surface area contributed by atoms with Crippen LogP contribution in [0.15, 0.2) is 29.8 Å². The number of benzene rings is 1. The van der Waals surface area contributed by atoms with Crippen molar-refractivity contribution in [3.63, 3.8) is 0 Å². The van der Waals surface area contributed by atoms with Gasteiger partial charge in [0.2, 0.25) is 0 Å². The molecule has 0 radical (unpaired) electrons. The van der Waals surface area contributed by atoms with Gasteiger partial charge in [-0.3, -0.25) is 0 Å². The first kappa shape index (κ1) is 14.6. The van der Waals surface area contributed by atoms with Crippen LogP contribution in [0.4, 0.5) is 0 Å². The Morgan fingerprint density at radius 3 is 2.68 bits per heavy atom. The minimum absolute atomic E-state index is 0.342. The van der Waals surface area contributed by atoms with Crippen LogP contribution in [0.1, 0.15) is 55.7 Å². The van der Waals surface area contributed by atoms with Gasteiger partial charge >= 0.3 is 0 Å². The molecule has 0 saturated carbocycles. The summed E-state index contributed by atoms with van der Waals surface area (Å²) in [5, 5.41) is 4.32. The topological polar surface area (TPSA) is 12.0 Å². The number of halogens is 1. The van der Waals surface area contributed by atoms with Crippen LogP contribution in [0.3, 0.4) is 0 Å². The van der Waals surface area contributed by atoms with Crippen LogP contribution in [-0.2, 0) is 0 Å². The lowest BCUT2D eigenvalue weighted by molar-refractivity contribution is 0.574. The molecule has 0 aromatic heterocycles. The van der Waals surface area contributed by atoms with Gasteiger partial charge in [-0.05, 0) is 56.8 Å². The van der Waals surface area contributed by atoms with Crippen molar-refractivity contribution in [1.29, 1.82) is 0 Å². The van der Waals surface area contributed by atoms with Gasteiger partial charge in [-0.2, -0.15) is 0 Å². The fourth-order valence-corrected chi connectivity index (χ4v) is 3.01. The monoisotopic (exact) mass is 277 g/mol. The Labute approximate surface area is 122 Å². The molecular weight excluding hydrogens is 254 g/mol. The number of nitrogens with one attached hydrogen (secondary N) is 1. The van der Waals surface area contributed by atoms with Crippen molar-refractivity contribution in [2.24, 2.45) is 0 Å². The Morgan fingerprint density at radius 1 is 1.16 bits per heavy atom. The molecule has 2 rings (SSSR count). The lowest BCUT2D eigenvalue weighted by Crippen LogP contribution is -2.19. The molecule has 0 heterocycles. The normalized spacial score (nSPS) is 21.1. The molecule has 2 heteroatoms. The number of likely N-dealkylation sites (N-methyl/N-ethyl adjacent to an activating group) is 1. The molecule has 0 saturated heterocycles. The predicted octanol–water partition coefficient (Wildman–Crippen LogP) is 5.19. The van der Waals surface area contributed by atoms with Gasteiger partial charge in [0, 0.05) is 5.02 Å². The summed E-state index contributed by atoms with van der Waals surface area (Å²) in [4.78, 5) is 0. The van der Waals surface area contributed by atoms with E-state index in [0.717, 1.165) is 10.6 Å². The van der Waals surface area contributed by atoms with E-state index in [1.165, 1.54) is 44.1 Å². The zero-order chi connectivity index (χ0) is 13.7. The second kappa shape index (κ2) is 7.12. The molecule has 1 nitrogen and oxygen atoms in total. The van der Waals surface area contributed by atoms with Crippen molar-refractivity contribution < 1.29 is 0 Å². The van der Waals surface area contributed by atoms with E-state index in [4.69, 9.17) is 11.6 Å². The Hall–Kier alpha value is -0.790. The van der Waals surface area contributed by atoms with Gasteiger partial charge in [0.25, 0.3) is 0 Å². The minimum atomic E-state index is 0.342. The highest BCUT2D eigenvalue weighted by atomic mass is 35.5. The van der Waals surface area contributed by atoms with Crippen LogP contribution in [0.25, 0.3) is 0 Å². The summed E-state index contributed by atoms with van der Waals surface area (Å²) >= 11 is 6.13. The van der Waals surface area contributed by atoms with E-state index in [2.05, 4.69) is 30.4 Å². The number of allylic oxidation sites excluding steroid dienone is 1. The van der Waals surface area contributed by atoms with E-state index in [0.29, 0.717) is 6.04 Å². The Morgan fingerprint density at radius 2 is 1.95 bits per heavy atom. The second-order valence-corrected chi connectivity index (χ2v) is 5.87. The number of hydrogen-bond donors (Lipinski definition) is 1. The zero-order valence-corrected chi connectivity index (χ0v) is 12.8. The molecule has 0 fully saturated rings. The maximum Gasteiger partial charge on any atom is 0.0533 e. The molecule has 1 atom stereocenters. The van der Waals surface area contributed by atoms with Gasteiger partial charge in [-0.15, -0.1) is 0 Å². The molecule has 1 N–H and O–H groups in total. The maximum absolute atomic E-state index is 6.13. The van der Waals surface area contributed by atoms with Gasteiger partial charge < -0.3 is 5.32 Å². The molecule has 1 aromatic carbocycles. The Balaban J connectivity index is 2.24. The molecule has 0 aliphatic heterocycles. The van der Waals surface area contributed by atoms with Crippen LogP contribution in [0.5, 0.6) is 0 Å². The Kier molecular flexibility index (Phi) is 5.47. The van der Waals surface area contributed by atoms with Crippen LogP contribution in [0, 0.1) is 6.92 Å². The SMILES string of the molecule is CNC(/C1=C/CCCCCC1)c1ccc(Cl)c(C)c1. The molecule has 0 bridgehead atoms. The van der Waals surface area contributed by atoms with E-state index in [1.54, 1.807) is 5.57 Å². The first-order chi connectivity index (χ1) is 9.22. The fourth-order valence-electron chi connectivity index (χ4n) is 2.89. The molecule has 1 unspecified atom stereocenters. The third-order valence-corrected chi connectivity index (χ3v) is 4.42. The molecule has 1 aliphatic carbocycles. The first-order valence-electron chi connectivity index (χ1n) is 7.34. The Bertz CT molecular complexity index is 451. The summed E-state index contributed by atoms with van der Waals surface area (Å²) in [6.45, 7) is 2.07. The molecule has 0 spiro atoms. The van der Waals surface area contributed by atoms with E-state index in [-0.39, 0.29) is 0 Å². The molecular formula is C17H24ClN. The maximum atomic E-state index is 6.13. The van der Waals surface area contributed by atoms with Crippen molar-refractivity contribution in [3.8, 4) is 0 Å². The summed E-state index contributed by atoms with van der Waals surface area (Å²) in [5.74, 6) is 0. The van der Waals surface area contributed by atoms with Crippen molar-refractivity contribution in [2.75, 3.05) is 7.05 Å². The van der Waals surface area contributed by atoms with Gasteiger partial charge in [0.05, 0.1) is 6.04 Å². The third-order valence-electron chi connectivity index (χ3n) is 4.00. The van der Waals surface area contributed by atoms with Gasteiger partial charge in [-0.1, -0.05) is 48.2 Å². The third kappa shape index (κ3) is 3.84. The zero-order valence-electron chi connectivity index (χ0n) is 12.0. The van der Waals surface area contributed by atoms with E-state index < -0.39 is 0 Å². The second-order valence-electron chi connectivity index (χ2n) is 5.46. The standard InChI is InChI=1S/C17H24ClN/c1-13-12-15(10-11-16(13)18)17(19-2)14-8-6-4-3-5-7-9-14/h8,10-12,17,19H,3-7,9H2,1-2H3/b14-8+. The van der Waals surface area contributed by atoms with E-state index in [9.17, 15) is 0 Å². The van der Waals surface area contributed by atoms with Crippen molar-refractivity contribution in [2.45, 2.75) is 51.5 Å². The van der Waals surface area contributed by atoms with Crippen LogP contribution >= 0.6 is 11.6 Å². The highest BCUT2D eigenvalue weighted by Gasteiger charge is 2.16. The van der Waals surface area contributed by atoms with Gasteiger partial charge in [0.1, 0.15) is 0 Å². The molecule has 104 valence electrons. The molecule has 1 aliphatic rings. The lowest BCUT2D eigenvalue weighted by Gasteiger charge is -2.23. The molecule has 0 amide bonds. The summed E-state index contributed by atoms with van der Waals surface area (Å²) in [6.07, 6.45) is 10.3. The van der Waals surface area contributed by atoms with E-state index >= 15 is 0 Å². The van der Waals surface area contributed by atoms with Crippen molar-refractivity contribution >= 4 is 11.6 Å². The van der Waals surface area contributed by atoms with Gasteiger partial charge in [0.15, 0.2) is 0 Å². The highest BCUT2D eigenvalue weighted by molar-refractivity contribution is 6.31. The van der Waals surface area contributed by atoms with Crippen LogP contribution in [-0.4, -0.2) is 7.05 Å². The van der Waals surface area contributed by atoms with E-state index in [1.807, 2.05) is 13.1 Å². The summed E-state index contributed by atoms with van der Waals surface area (Å²) < 4.78 is 0. The fraction of sp³-hybridized carbons (Fsp3) is 0.529. The van der Waals surface area contributed by atoms with Crippen molar-refractivity contribution in [1.82, 2.24) is 5.32 Å². The lowest BCUT2D eigenvalue weighted by atomic mass is 9.90. The van der Waals surface area contributed by atoms with Crippen molar-refractivity contribution in [3.05, 3.63) is 46.0 Å². The molecule has 1 aromatic rings. The van der Waals surface area contributed by atoms with Crippen LogP contribution < -0.4 is 5.32 Å². The average Bonchev–Trinajstić information content (AvgIpc) is 2.36. The number of rotatable bonds is 3. The molecule has 19 heavy (non-hydrogen) atoms. The summed E-state index contributed by atoms with van der Waals surface area (Å²) in [6, 6.07) is 6.72. The largest absolute Gasteiger partial charge is 0.310 e. The van der Waals surface area contributed by atoms with Crippen LogP contribution in [0.2, 0.25) is 5.02 Å². The van der Waals surface area contributed by atoms with Gasteiger partial charge in [-0.25, -0.2) is 0 Å². The number of aryl methyl sites for hydroxylation is 1. The summed E-state index contributed by atoms with van der Waals surface area (Å²) in [5.41, 5.74) is 4.03.